The Hall–Kier alpha value is -2.09. The monoisotopic (exact) mass is 297 g/mol. The van der Waals surface area contributed by atoms with E-state index in [9.17, 15) is 8.78 Å². The first-order valence-corrected chi connectivity index (χ1v) is 6.37. The number of nitrogens with zero attached hydrogens (tertiary/aromatic N) is 3. The van der Waals surface area contributed by atoms with E-state index in [-0.39, 0.29) is 17.2 Å². The first-order valence-electron chi connectivity index (χ1n) is 6.37. The van der Waals surface area contributed by atoms with Gasteiger partial charge in [0.15, 0.2) is 5.82 Å². The Morgan fingerprint density at radius 2 is 2.24 bits per heavy atom. The lowest BCUT2D eigenvalue weighted by Gasteiger charge is -2.07. The first kappa shape index (κ1) is 13.9. The van der Waals surface area contributed by atoms with Crippen LogP contribution in [0, 0.1) is 0 Å². The van der Waals surface area contributed by atoms with E-state index in [0.717, 1.165) is 12.8 Å². The molecule has 0 atom stereocenters. The van der Waals surface area contributed by atoms with Gasteiger partial charge in [0.1, 0.15) is 0 Å². The van der Waals surface area contributed by atoms with E-state index in [1.807, 2.05) is 0 Å². The Kier molecular flexibility index (Phi) is 3.54. The number of rotatable bonds is 6. The van der Waals surface area contributed by atoms with Crippen LogP contribution in [0.3, 0.4) is 0 Å². The number of halogens is 2. The molecule has 8 heteroatoms. The molecule has 3 rings (SSSR count). The molecule has 21 heavy (non-hydrogen) atoms. The zero-order chi connectivity index (χ0) is 14.9. The normalized spacial score (nSPS) is 16.2. The summed E-state index contributed by atoms with van der Waals surface area (Å²) in [7, 11) is 1.62. The Morgan fingerprint density at radius 1 is 1.43 bits per heavy atom. The molecule has 2 aromatic rings. The lowest BCUT2D eigenvalue weighted by atomic mass is 10.1. The second-order valence-electron chi connectivity index (χ2n) is 4.90. The molecule has 0 N–H and O–H groups in total. The molecule has 0 aromatic carbocycles. The van der Waals surface area contributed by atoms with Crippen molar-refractivity contribution < 1.29 is 22.8 Å². The molecule has 1 aliphatic carbocycles. The van der Waals surface area contributed by atoms with E-state index in [2.05, 4.69) is 19.9 Å². The molecule has 0 radical (unpaired) electrons. The molecule has 0 amide bonds. The summed E-state index contributed by atoms with van der Waals surface area (Å²) in [4.78, 5) is 8.02. The fraction of sp³-hybridized carbons (Fsp3) is 0.462. The third kappa shape index (κ3) is 2.85. The summed E-state index contributed by atoms with van der Waals surface area (Å²) in [6, 6.07) is 2.92. The number of methoxy groups -OCH3 is 1. The van der Waals surface area contributed by atoms with Crippen LogP contribution >= 0.6 is 0 Å². The summed E-state index contributed by atoms with van der Waals surface area (Å²) in [5.74, 6) is 0.627. The molecular formula is C13H13F2N3O3. The third-order valence-corrected chi connectivity index (χ3v) is 3.37. The highest BCUT2D eigenvalue weighted by Gasteiger charge is 2.48. The Bertz CT molecular complexity index is 629. The van der Waals surface area contributed by atoms with Crippen molar-refractivity contribution in [3.63, 3.8) is 0 Å². The standard InChI is InChI=1S/C13H13F2N3O3/c1-19-7-13(3-4-13)11-17-10(21-18-11)8-2-5-16-9(6-8)20-12(14)15/h2,5-6,12H,3-4,7H2,1H3. The predicted octanol–water partition coefficient (Wildman–Crippen LogP) is 2.41. The van der Waals surface area contributed by atoms with E-state index >= 15 is 0 Å². The molecule has 112 valence electrons. The van der Waals surface area contributed by atoms with Crippen LogP contribution in [-0.2, 0) is 10.2 Å². The van der Waals surface area contributed by atoms with E-state index in [0.29, 0.717) is 18.0 Å². The summed E-state index contributed by atoms with van der Waals surface area (Å²) in [5, 5.41) is 3.96. The first-order chi connectivity index (χ1) is 10.1. The van der Waals surface area contributed by atoms with E-state index < -0.39 is 6.61 Å². The van der Waals surface area contributed by atoms with Crippen molar-refractivity contribution in [3.05, 3.63) is 24.2 Å². The maximum absolute atomic E-state index is 12.2. The maximum Gasteiger partial charge on any atom is 0.388 e. The van der Waals surface area contributed by atoms with Crippen LogP contribution in [-0.4, -0.2) is 35.5 Å². The molecule has 6 nitrogen and oxygen atoms in total. The van der Waals surface area contributed by atoms with Gasteiger partial charge in [0, 0.05) is 24.9 Å². The highest BCUT2D eigenvalue weighted by Crippen LogP contribution is 2.47. The molecule has 1 saturated carbocycles. The quantitative estimate of drug-likeness (QED) is 0.815. The minimum absolute atomic E-state index is 0.175. The molecule has 1 fully saturated rings. The van der Waals surface area contributed by atoms with Crippen LogP contribution in [0.15, 0.2) is 22.9 Å². The topological polar surface area (TPSA) is 70.3 Å². The summed E-state index contributed by atoms with van der Waals surface area (Å²) >= 11 is 0. The van der Waals surface area contributed by atoms with Gasteiger partial charge in [-0.15, -0.1) is 0 Å². The van der Waals surface area contributed by atoms with Gasteiger partial charge in [0.2, 0.25) is 5.88 Å². The van der Waals surface area contributed by atoms with E-state index in [1.54, 1.807) is 13.2 Å². The van der Waals surface area contributed by atoms with Crippen LogP contribution in [0.1, 0.15) is 18.7 Å². The number of hydrogen-bond acceptors (Lipinski definition) is 6. The second kappa shape index (κ2) is 5.36. The fourth-order valence-electron chi connectivity index (χ4n) is 2.11. The lowest BCUT2D eigenvalue weighted by Crippen LogP contribution is -2.15. The van der Waals surface area contributed by atoms with Gasteiger partial charge in [-0.25, -0.2) is 4.98 Å². The van der Waals surface area contributed by atoms with Crippen LogP contribution in [0.2, 0.25) is 0 Å². The number of aromatic nitrogens is 3. The zero-order valence-electron chi connectivity index (χ0n) is 11.3. The van der Waals surface area contributed by atoms with Crippen LogP contribution in [0.4, 0.5) is 8.78 Å². The minimum Gasteiger partial charge on any atom is -0.417 e. The van der Waals surface area contributed by atoms with Crippen molar-refractivity contribution in [2.75, 3.05) is 13.7 Å². The van der Waals surface area contributed by atoms with Gasteiger partial charge >= 0.3 is 6.61 Å². The number of alkyl halides is 2. The van der Waals surface area contributed by atoms with Crippen molar-refractivity contribution in [1.82, 2.24) is 15.1 Å². The Morgan fingerprint density at radius 3 is 2.90 bits per heavy atom. The highest BCUT2D eigenvalue weighted by molar-refractivity contribution is 5.54. The lowest BCUT2D eigenvalue weighted by molar-refractivity contribution is -0.0528. The molecule has 0 unspecified atom stereocenters. The minimum atomic E-state index is -2.93. The molecular weight excluding hydrogens is 284 g/mol. The van der Waals surface area contributed by atoms with Crippen molar-refractivity contribution >= 4 is 0 Å². The largest absolute Gasteiger partial charge is 0.417 e. The molecule has 0 bridgehead atoms. The summed E-state index contributed by atoms with van der Waals surface area (Å²) in [5.41, 5.74) is 0.305. The fourth-order valence-corrected chi connectivity index (χ4v) is 2.11. The molecule has 2 heterocycles. The van der Waals surface area contributed by atoms with Gasteiger partial charge in [0.25, 0.3) is 5.89 Å². The van der Waals surface area contributed by atoms with Crippen molar-refractivity contribution in [2.24, 2.45) is 0 Å². The maximum atomic E-state index is 12.2. The molecule has 1 aliphatic rings. The van der Waals surface area contributed by atoms with Gasteiger partial charge in [0.05, 0.1) is 12.0 Å². The molecule has 0 aliphatic heterocycles. The Balaban J connectivity index is 1.83. The van der Waals surface area contributed by atoms with Gasteiger partial charge < -0.3 is 14.0 Å². The molecule has 0 spiro atoms. The van der Waals surface area contributed by atoms with Crippen molar-refractivity contribution in [2.45, 2.75) is 24.9 Å². The van der Waals surface area contributed by atoms with E-state index in [1.165, 1.54) is 12.3 Å². The molecule has 2 aromatic heterocycles. The number of hydrogen-bond donors (Lipinski definition) is 0. The van der Waals surface area contributed by atoms with Crippen LogP contribution in [0.25, 0.3) is 11.5 Å². The van der Waals surface area contributed by atoms with Gasteiger partial charge in [-0.05, 0) is 18.9 Å². The van der Waals surface area contributed by atoms with Gasteiger partial charge in [-0.1, -0.05) is 5.16 Å². The SMILES string of the molecule is COCC1(c2noc(-c3ccnc(OC(F)F)c3)n2)CC1. The smallest absolute Gasteiger partial charge is 0.388 e. The van der Waals surface area contributed by atoms with Crippen LogP contribution in [0.5, 0.6) is 5.88 Å². The summed E-state index contributed by atoms with van der Waals surface area (Å²) < 4.78 is 39.0. The van der Waals surface area contributed by atoms with Crippen LogP contribution < -0.4 is 4.74 Å². The predicted molar refractivity (Wildman–Crippen MR) is 66.9 cm³/mol. The van der Waals surface area contributed by atoms with Gasteiger partial charge in [-0.2, -0.15) is 13.8 Å². The Labute approximate surface area is 119 Å². The number of pyridine rings is 1. The van der Waals surface area contributed by atoms with Crippen molar-refractivity contribution in [3.8, 4) is 17.3 Å². The molecule has 0 saturated heterocycles. The number of ether oxygens (including phenoxy) is 2. The zero-order valence-corrected chi connectivity index (χ0v) is 11.3. The summed E-state index contributed by atoms with van der Waals surface area (Å²) in [6.07, 6.45) is 3.23. The summed E-state index contributed by atoms with van der Waals surface area (Å²) in [6.45, 7) is -2.40. The van der Waals surface area contributed by atoms with E-state index in [4.69, 9.17) is 9.26 Å². The van der Waals surface area contributed by atoms with Gasteiger partial charge in [-0.3, -0.25) is 0 Å². The second-order valence-corrected chi connectivity index (χ2v) is 4.90. The van der Waals surface area contributed by atoms with Crippen molar-refractivity contribution in [1.29, 1.82) is 0 Å². The highest BCUT2D eigenvalue weighted by atomic mass is 19.3. The average molecular weight is 297 g/mol. The third-order valence-electron chi connectivity index (χ3n) is 3.37. The average Bonchev–Trinajstić information content (AvgIpc) is 3.05.